The number of carbonyl (C=O) groups excluding carboxylic acids is 1. The van der Waals surface area contributed by atoms with Gasteiger partial charge in [-0.3, -0.25) is 4.79 Å². The minimum atomic E-state index is -0.350. The van der Waals surface area contributed by atoms with E-state index in [1.54, 1.807) is 13.2 Å². The third-order valence-corrected chi connectivity index (χ3v) is 10.7. The molecule has 4 saturated carbocycles. The number of rotatable bonds is 2. The average Bonchev–Trinajstić information content (AvgIpc) is 3.41. The number of ketones is 1. The summed E-state index contributed by atoms with van der Waals surface area (Å²) in [6.07, 6.45) is 8.83. The van der Waals surface area contributed by atoms with Gasteiger partial charge in [-0.05, 0) is 86.7 Å². The van der Waals surface area contributed by atoms with Crippen molar-refractivity contribution in [1.82, 2.24) is 0 Å². The Morgan fingerprint density at radius 3 is 2.61 bits per heavy atom. The molecule has 1 saturated heterocycles. The third kappa shape index (κ3) is 2.40. The number of hydrogen-bond donors (Lipinski definition) is 1. The fraction of sp³-hybridized carbons (Fsp3) is 0.769. The molecule has 168 valence electrons. The molecule has 0 aromatic carbocycles. The lowest BCUT2D eigenvalue weighted by atomic mass is 9.44. The highest BCUT2D eigenvalue weighted by Crippen LogP contribution is 2.79. The normalized spacial score (nSPS) is 52.5. The van der Waals surface area contributed by atoms with Crippen LogP contribution in [0.2, 0.25) is 0 Å². The van der Waals surface area contributed by atoms with Gasteiger partial charge in [-0.1, -0.05) is 13.8 Å². The van der Waals surface area contributed by atoms with Crippen LogP contribution >= 0.6 is 0 Å². The molecule has 5 nitrogen and oxygen atoms in total. The van der Waals surface area contributed by atoms with Gasteiger partial charge in [0, 0.05) is 17.4 Å². The highest BCUT2D eigenvalue weighted by atomic mass is 16.6. The summed E-state index contributed by atoms with van der Waals surface area (Å²) in [6.45, 7) is 6.50. The van der Waals surface area contributed by atoms with E-state index >= 15 is 0 Å². The van der Waals surface area contributed by atoms with Gasteiger partial charge in [-0.25, -0.2) is 4.79 Å². The van der Waals surface area contributed by atoms with E-state index in [2.05, 4.69) is 13.8 Å². The number of hydrogen-bond acceptors (Lipinski definition) is 5. The van der Waals surface area contributed by atoms with E-state index < -0.39 is 0 Å². The summed E-state index contributed by atoms with van der Waals surface area (Å²) in [6, 6.07) is 3.35. The minimum Gasteiger partial charge on any atom is -0.431 e. The van der Waals surface area contributed by atoms with Gasteiger partial charge in [0.15, 0.2) is 0 Å². The van der Waals surface area contributed by atoms with Crippen LogP contribution in [0.4, 0.5) is 0 Å². The Balaban J connectivity index is 1.42. The monoisotopic (exact) mass is 426 g/mol. The molecule has 1 spiro atoms. The molecule has 0 radical (unpaired) electrons. The van der Waals surface area contributed by atoms with Crippen molar-refractivity contribution in [3.8, 4) is 0 Å². The van der Waals surface area contributed by atoms with Crippen molar-refractivity contribution in [2.75, 3.05) is 0 Å². The van der Waals surface area contributed by atoms with Crippen molar-refractivity contribution in [3.05, 3.63) is 34.4 Å². The van der Waals surface area contributed by atoms with Gasteiger partial charge in [0.05, 0.1) is 24.4 Å². The summed E-state index contributed by atoms with van der Waals surface area (Å²) >= 11 is 0. The van der Waals surface area contributed by atoms with Crippen molar-refractivity contribution in [2.24, 2.45) is 34.5 Å². The zero-order valence-corrected chi connectivity index (χ0v) is 18.8. The van der Waals surface area contributed by atoms with Crippen LogP contribution in [-0.2, 0) is 9.53 Å². The van der Waals surface area contributed by atoms with Crippen LogP contribution in [0.5, 0.6) is 0 Å². The zero-order chi connectivity index (χ0) is 21.8. The highest BCUT2D eigenvalue weighted by Gasteiger charge is 2.84. The van der Waals surface area contributed by atoms with Gasteiger partial charge < -0.3 is 14.3 Å². The standard InChI is InChI=1S/C26H34O5/c1-14(27)21-22(15-4-7-20(29)30-13-15)25(3)11-9-18-19(26(25)23(21)31-26)6-5-16-12-17(28)8-10-24(16,18)2/h4,7,13,16-19,21-23,28H,5-6,8-12H2,1-3H3/t16-,17-,18+,19-,21-,22+,23-,24+,25-,26-/m1/s1. The fourth-order valence-electron chi connectivity index (χ4n) is 9.31. The smallest absolute Gasteiger partial charge is 0.335 e. The lowest BCUT2D eigenvalue weighted by Crippen LogP contribution is -2.58. The Hall–Kier alpha value is -1.46. The van der Waals surface area contributed by atoms with E-state index in [1.807, 2.05) is 6.07 Å². The van der Waals surface area contributed by atoms with Crippen LogP contribution in [0.3, 0.4) is 0 Å². The molecule has 5 fully saturated rings. The van der Waals surface area contributed by atoms with Crippen molar-refractivity contribution in [2.45, 2.75) is 89.4 Å². The van der Waals surface area contributed by atoms with E-state index in [0.717, 1.165) is 50.5 Å². The molecule has 10 atom stereocenters. The van der Waals surface area contributed by atoms with E-state index in [0.29, 0.717) is 17.8 Å². The van der Waals surface area contributed by atoms with Crippen molar-refractivity contribution < 1.29 is 19.1 Å². The molecule has 0 bridgehead atoms. The fourth-order valence-corrected chi connectivity index (χ4v) is 9.31. The lowest BCUT2D eigenvalue weighted by molar-refractivity contribution is -0.143. The lowest BCUT2D eigenvalue weighted by Gasteiger charge is -2.61. The number of ether oxygens (including phenoxy) is 1. The molecule has 1 aromatic heterocycles. The van der Waals surface area contributed by atoms with Crippen LogP contribution in [0.25, 0.3) is 0 Å². The summed E-state index contributed by atoms with van der Waals surface area (Å²) in [5.74, 6) is 1.71. The highest BCUT2D eigenvalue weighted by molar-refractivity contribution is 5.82. The summed E-state index contributed by atoms with van der Waals surface area (Å²) in [7, 11) is 0. The van der Waals surface area contributed by atoms with E-state index in [-0.39, 0.29) is 51.9 Å². The van der Waals surface area contributed by atoms with Crippen molar-refractivity contribution >= 4 is 5.78 Å². The van der Waals surface area contributed by atoms with E-state index in [4.69, 9.17) is 9.15 Å². The summed E-state index contributed by atoms with van der Waals surface area (Å²) in [5.41, 5.74) is 0.509. The molecule has 0 amide bonds. The second kappa shape index (κ2) is 6.32. The first kappa shape index (κ1) is 20.2. The number of carbonyl (C=O) groups is 1. The number of fused-ring (bicyclic) bond motifs is 3. The predicted molar refractivity (Wildman–Crippen MR) is 115 cm³/mol. The number of epoxide rings is 1. The molecule has 6 rings (SSSR count). The Morgan fingerprint density at radius 1 is 1.10 bits per heavy atom. The molecule has 1 N–H and O–H groups in total. The largest absolute Gasteiger partial charge is 0.431 e. The predicted octanol–water partition coefficient (Wildman–Crippen LogP) is 4.07. The first-order valence-electron chi connectivity index (χ1n) is 12.2. The van der Waals surface area contributed by atoms with Crippen LogP contribution in [0.15, 0.2) is 27.6 Å². The maximum absolute atomic E-state index is 12.9. The second-order valence-electron chi connectivity index (χ2n) is 11.7. The van der Waals surface area contributed by atoms with Gasteiger partial charge in [-0.2, -0.15) is 0 Å². The van der Waals surface area contributed by atoms with Gasteiger partial charge in [0.1, 0.15) is 11.4 Å². The topological polar surface area (TPSA) is 80.0 Å². The third-order valence-electron chi connectivity index (χ3n) is 10.7. The average molecular weight is 427 g/mol. The molecule has 4 aliphatic carbocycles. The summed E-state index contributed by atoms with van der Waals surface area (Å²) < 4.78 is 11.9. The van der Waals surface area contributed by atoms with Crippen LogP contribution in [0, 0.1) is 34.5 Å². The molecule has 5 heteroatoms. The van der Waals surface area contributed by atoms with Crippen molar-refractivity contribution in [3.63, 3.8) is 0 Å². The summed E-state index contributed by atoms with van der Waals surface area (Å²) in [5, 5.41) is 10.3. The molecular weight excluding hydrogens is 392 g/mol. The van der Waals surface area contributed by atoms with Gasteiger partial charge in [0.25, 0.3) is 0 Å². The van der Waals surface area contributed by atoms with Crippen LogP contribution in [0.1, 0.15) is 77.2 Å². The Labute approximate surface area is 183 Å². The first-order valence-corrected chi connectivity index (χ1v) is 12.2. The summed E-state index contributed by atoms with van der Waals surface area (Å²) in [4.78, 5) is 24.5. The molecule has 1 aliphatic heterocycles. The zero-order valence-electron chi connectivity index (χ0n) is 18.8. The molecule has 5 aliphatic rings. The maximum atomic E-state index is 12.9. The van der Waals surface area contributed by atoms with Gasteiger partial charge in [0.2, 0.25) is 0 Å². The molecule has 31 heavy (non-hydrogen) atoms. The molecular formula is C26H34O5. The Morgan fingerprint density at radius 2 is 1.90 bits per heavy atom. The van der Waals surface area contributed by atoms with Gasteiger partial charge >= 0.3 is 5.63 Å². The Kier molecular flexibility index (Phi) is 4.11. The molecule has 0 unspecified atom stereocenters. The van der Waals surface area contributed by atoms with E-state index in [1.165, 1.54) is 6.07 Å². The van der Waals surface area contributed by atoms with Crippen LogP contribution in [-0.4, -0.2) is 28.7 Å². The molecule has 2 heterocycles. The second-order valence-corrected chi connectivity index (χ2v) is 11.7. The quantitative estimate of drug-likeness (QED) is 0.721. The molecule has 1 aromatic rings. The minimum absolute atomic E-state index is 0.0194. The van der Waals surface area contributed by atoms with E-state index in [9.17, 15) is 14.7 Å². The van der Waals surface area contributed by atoms with Gasteiger partial charge in [-0.15, -0.1) is 0 Å². The SMILES string of the molecule is CC(=O)[C@H]1[C@H]2O[C@]23[C@@H]2CC[C@@H]4C[C@H](O)CC[C@]4(C)[C@H]2CC[C@]3(C)[C@H]1c1ccc(=O)oc1. The maximum Gasteiger partial charge on any atom is 0.335 e. The van der Waals surface area contributed by atoms with Crippen LogP contribution < -0.4 is 5.63 Å². The first-order chi connectivity index (χ1) is 14.7. The number of Topliss-reactive ketones (excluding diaryl/α,β-unsaturated/α-hetero) is 1. The van der Waals surface area contributed by atoms with Crippen molar-refractivity contribution in [1.29, 1.82) is 0 Å². The number of aliphatic hydroxyl groups is 1. The number of aliphatic hydroxyl groups excluding tert-OH is 1. The Bertz CT molecular complexity index is 964.